The van der Waals surface area contributed by atoms with Gasteiger partial charge in [-0.2, -0.15) is 0 Å². The molecule has 1 aliphatic heterocycles. The summed E-state index contributed by atoms with van der Waals surface area (Å²) in [5, 5.41) is 5.68. The van der Waals surface area contributed by atoms with Crippen LogP contribution < -0.4 is 20.3 Å². The maximum atomic E-state index is 12.2. The van der Waals surface area contributed by atoms with Crippen molar-refractivity contribution in [2.45, 2.75) is 6.54 Å². The minimum Gasteiger partial charge on any atom is -0.497 e. The highest BCUT2D eigenvalue weighted by Crippen LogP contribution is 2.19. The fourth-order valence-electron chi connectivity index (χ4n) is 2.68. The van der Waals surface area contributed by atoms with E-state index >= 15 is 0 Å². The van der Waals surface area contributed by atoms with Gasteiger partial charge in [0.15, 0.2) is 0 Å². The molecule has 1 fully saturated rings. The fourth-order valence-corrected chi connectivity index (χ4v) is 2.68. The third-order valence-corrected chi connectivity index (χ3v) is 3.95. The number of methoxy groups -OCH3 is 1. The van der Waals surface area contributed by atoms with E-state index in [1.807, 2.05) is 30.3 Å². The summed E-state index contributed by atoms with van der Waals surface area (Å²) >= 11 is 0. The molecule has 3 rings (SSSR count). The Morgan fingerprint density at radius 2 is 2.12 bits per heavy atom. The molecule has 25 heavy (non-hydrogen) atoms. The van der Waals surface area contributed by atoms with E-state index in [1.165, 1.54) is 0 Å². The Hall–Kier alpha value is -2.80. The SMILES string of the molecule is COc1cccc(NC(=O)NCc2cccnc2N2CCOCC2)c1. The highest BCUT2D eigenvalue weighted by atomic mass is 16.5. The quantitative estimate of drug-likeness (QED) is 0.872. The summed E-state index contributed by atoms with van der Waals surface area (Å²) in [6, 6.07) is 10.8. The topological polar surface area (TPSA) is 75.7 Å². The zero-order chi connectivity index (χ0) is 17.5. The summed E-state index contributed by atoms with van der Waals surface area (Å²) in [6.07, 6.45) is 1.77. The summed E-state index contributed by atoms with van der Waals surface area (Å²) in [5.74, 6) is 1.59. The first-order valence-corrected chi connectivity index (χ1v) is 8.22. The molecule has 0 spiro atoms. The number of hydrogen-bond donors (Lipinski definition) is 2. The van der Waals surface area contributed by atoms with E-state index < -0.39 is 0 Å². The Bertz CT molecular complexity index is 717. The molecule has 7 nitrogen and oxygen atoms in total. The van der Waals surface area contributed by atoms with Crippen LogP contribution in [-0.4, -0.2) is 44.4 Å². The monoisotopic (exact) mass is 342 g/mol. The highest BCUT2D eigenvalue weighted by molar-refractivity contribution is 5.89. The van der Waals surface area contributed by atoms with Crippen molar-refractivity contribution in [3.05, 3.63) is 48.2 Å². The van der Waals surface area contributed by atoms with E-state index in [9.17, 15) is 4.79 Å². The first kappa shape index (κ1) is 17.0. The molecule has 0 saturated carbocycles. The van der Waals surface area contributed by atoms with E-state index in [1.54, 1.807) is 19.4 Å². The van der Waals surface area contributed by atoms with Gasteiger partial charge in [-0.1, -0.05) is 12.1 Å². The van der Waals surface area contributed by atoms with E-state index in [2.05, 4.69) is 20.5 Å². The minimum absolute atomic E-state index is 0.273. The van der Waals surface area contributed by atoms with Gasteiger partial charge in [-0.25, -0.2) is 9.78 Å². The molecule has 0 unspecified atom stereocenters. The maximum absolute atomic E-state index is 12.2. The predicted molar refractivity (Wildman–Crippen MR) is 96.1 cm³/mol. The predicted octanol–water partition coefficient (Wildman–Crippen LogP) is 2.25. The van der Waals surface area contributed by atoms with Crippen molar-refractivity contribution >= 4 is 17.5 Å². The van der Waals surface area contributed by atoms with Gasteiger partial charge >= 0.3 is 6.03 Å². The number of pyridine rings is 1. The number of nitrogens with zero attached hydrogens (tertiary/aromatic N) is 2. The molecule has 0 atom stereocenters. The Balaban J connectivity index is 1.60. The third-order valence-electron chi connectivity index (χ3n) is 3.95. The molecule has 0 aliphatic carbocycles. The first-order chi connectivity index (χ1) is 12.3. The Morgan fingerprint density at radius 1 is 1.28 bits per heavy atom. The molecule has 1 aliphatic rings. The Labute approximate surface area is 147 Å². The average molecular weight is 342 g/mol. The lowest BCUT2D eigenvalue weighted by Crippen LogP contribution is -2.38. The highest BCUT2D eigenvalue weighted by Gasteiger charge is 2.16. The molecule has 1 aromatic carbocycles. The molecule has 0 bridgehead atoms. The molecule has 1 aromatic heterocycles. The number of morpholine rings is 1. The van der Waals surface area contributed by atoms with Crippen LogP contribution in [0.5, 0.6) is 5.75 Å². The third kappa shape index (κ3) is 4.60. The van der Waals surface area contributed by atoms with E-state index in [-0.39, 0.29) is 6.03 Å². The van der Waals surface area contributed by atoms with Gasteiger partial charge in [-0.3, -0.25) is 0 Å². The van der Waals surface area contributed by atoms with E-state index in [0.717, 1.165) is 24.5 Å². The van der Waals surface area contributed by atoms with Crippen LogP contribution in [0.4, 0.5) is 16.3 Å². The van der Waals surface area contributed by atoms with Crippen LogP contribution in [0.25, 0.3) is 0 Å². The second kappa shape index (κ2) is 8.34. The summed E-state index contributed by atoms with van der Waals surface area (Å²) in [5.41, 5.74) is 1.65. The average Bonchev–Trinajstić information content (AvgIpc) is 2.67. The first-order valence-electron chi connectivity index (χ1n) is 8.22. The molecule has 2 amide bonds. The molecular weight excluding hydrogens is 320 g/mol. The van der Waals surface area contributed by atoms with Crippen molar-refractivity contribution in [3.63, 3.8) is 0 Å². The second-order valence-electron chi connectivity index (χ2n) is 5.63. The number of aromatic nitrogens is 1. The van der Waals surface area contributed by atoms with Crippen molar-refractivity contribution in [2.75, 3.05) is 43.6 Å². The van der Waals surface area contributed by atoms with Crippen LogP contribution in [0.2, 0.25) is 0 Å². The summed E-state index contributed by atoms with van der Waals surface area (Å²) < 4.78 is 10.5. The maximum Gasteiger partial charge on any atom is 0.319 e. The molecule has 2 heterocycles. The molecule has 0 radical (unpaired) electrons. The molecule has 2 aromatic rings. The smallest absolute Gasteiger partial charge is 0.319 e. The summed E-state index contributed by atoms with van der Waals surface area (Å²) in [4.78, 5) is 18.8. The van der Waals surface area contributed by atoms with Crippen LogP contribution in [0.15, 0.2) is 42.6 Å². The van der Waals surface area contributed by atoms with Gasteiger partial charge in [0.25, 0.3) is 0 Å². The zero-order valence-electron chi connectivity index (χ0n) is 14.2. The number of ether oxygens (including phenoxy) is 2. The number of urea groups is 1. The van der Waals surface area contributed by atoms with Crippen molar-refractivity contribution in [1.29, 1.82) is 0 Å². The van der Waals surface area contributed by atoms with Crippen molar-refractivity contribution in [2.24, 2.45) is 0 Å². The van der Waals surface area contributed by atoms with Gasteiger partial charge in [0, 0.05) is 43.1 Å². The van der Waals surface area contributed by atoms with Crippen LogP contribution >= 0.6 is 0 Å². The lowest BCUT2D eigenvalue weighted by atomic mass is 10.2. The van der Waals surface area contributed by atoms with Crippen molar-refractivity contribution < 1.29 is 14.3 Å². The normalized spacial score (nSPS) is 14.0. The van der Waals surface area contributed by atoms with Crippen LogP contribution in [0, 0.1) is 0 Å². The number of nitrogens with one attached hydrogen (secondary N) is 2. The minimum atomic E-state index is -0.273. The molecule has 7 heteroatoms. The fraction of sp³-hybridized carbons (Fsp3) is 0.333. The number of anilines is 2. The zero-order valence-corrected chi connectivity index (χ0v) is 14.2. The van der Waals surface area contributed by atoms with Crippen molar-refractivity contribution in [3.8, 4) is 5.75 Å². The van der Waals surface area contributed by atoms with Crippen LogP contribution in [-0.2, 0) is 11.3 Å². The molecule has 132 valence electrons. The number of carbonyl (C=O) groups excluding carboxylic acids is 1. The number of benzene rings is 1. The molecule has 2 N–H and O–H groups in total. The van der Waals surface area contributed by atoms with E-state index in [0.29, 0.717) is 31.2 Å². The van der Waals surface area contributed by atoms with Crippen LogP contribution in [0.1, 0.15) is 5.56 Å². The lowest BCUT2D eigenvalue weighted by molar-refractivity contribution is 0.122. The van der Waals surface area contributed by atoms with Gasteiger partial charge in [0.05, 0.1) is 20.3 Å². The lowest BCUT2D eigenvalue weighted by Gasteiger charge is -2.29. The van der Waals surface area contributed by atoms with E-state index in [4.69, 9.17) is 9.47 Å². The molecular formula is C18H22N4O3. The van der Waals surface area contributed by atoms with Crippen molar-refractivity contribution in [1.82, 2.24) is 10.3 Å². The molecule has 1 saturated heterocycles. The van der Waals surface area contributed by atoms with Gasteiger partial charge in [-0.15, -0.1) is 0 Å². The van der Waals surface area contributed by atoms with Gasteiger partial charge in [0.2, 0.25) is 0 Å². The Morgan fingerprint density at radius 3 is 2.92 bits per heavy atom. The number of amides is 2. The number of rotatable bonds is 5. The second-order valence-corrected chi connectivity index (χ2v) is 5.63. The van der Waals surface area contributed by atoms with Gasteiger partial charge in [-0.05, 0) is 18.2 Å². The standard InChI is InChI=1S/C18H22N4O3/c1-24-16-6-2-5-15(12-16)21-18(23)20-13-14-4-3-7-19-17(14)22-8-10-25-11-9-22/h2-7,12H,8-11,13H2,1H3,(H2,20,21,23). The van der Waals surface area contributed by atoms with Gasteiger partial charge in [0.1, 0.15) is 11.6 Å². The summed E-state index contributed by atoms with van der Waals surface area (Å²) in [6.45, 7) is 3.40. The van der Waals surface area contributed by atoms with Gasteiger partial charge < -0.3 is 25.0 Å². The summed E-state index contributed by atoms with van der Waals surface area (Å²) in [7, 11) is 1.59. The largest absolute Gasteiger partial charge is 0.497 e. The number of hydrogen-bond acceptors (Lipinski definition) is 5. The van der Waals surface area contributed by atoms with Crippen LogP contribution in [0.3, 0.4) is 0 Å². The number of carbonyl (C=O) groups is 1. The Kier molecular flexibility index (Phi) is 5.69.